The minimum atomic E-state index is 0.860. The molecule has 2 nitrogen and oxygen atoms in total. The van der Waals surface area contributed by atoms with Crippen molar-refractivity contribution in [3.8, 4) is 32.7 Å². The molecule has 4 heterocycles. The molecule has 6 heteroatoms. The second-order valence-electron chi connectivity index (χ2n) is 7.36. The van der Waals surface area contributed by atoms with E-state index in [-0.39, 0.29) is 0 Å². The van der Waals surface area contributed by atoms with Crippen LogP contribution in [0, 0.1) is 32.6 Å². The Morgan fingerprint density at radius 3 is 2.03 bits per heavy atom. The van der Waals surface area contributed by atoms with Gasteiger partial charge in [-0.3, -0.25) is 0 Å². The topological polar surface area (TPSA) is 52.0 Å². The van der Waals surface area contributed by atoms with Gasteiger partial charge in [0.05, 0.1) is 9.88 Å². The first-order valence-corrected chi connectivity index (χ1v) is 12.8. The molecule has 0 radical (unpaired) electrons. The van der Waals surface area contributed by atoms with Gasteiger partial charge in [-0.2, -0.15) is 0 Å². The summed E-state index contributed by atoms with van der Waals surface area (Å²) >= 11 is 7.07. The first-order valence-electron chi connectivity index (χ1n) is 9.52. The molecule has 0 fully saturated rings. The number of nitrogens with two attached hydrogens (primary N) is 2. The normalized spacial score (nSPS) is 11.3. The van der Waals surface area contributed by atoms with Crippen molar-refractivity contribution in [2.75, 3.05) is 11.5 Å². The van der Waals surface area contributed by atoms with Crippen LogP contribution in [-0.2, 0) is 0 Å². The van der Waals surface area contributed by atoms with Crippen LogP contribution in [0.3, 0.4) is 0 Å². The fraction of sp³-hybridized carbons (Fsp3) is 0.167. The van der Waals surface area contributed by atoms with Crippen molar-refractivity contribution in [1.82, 2.24) is 0 Å². The fourth-order valence-electron chi connectivity index (χ4n) is 3.81. The second-order valence-corrected chi connectivity index (χ2v) is 12.0. The Kier molecular flexibility index (Phi) is 4.68. The maximum absolute atomic E-state index is 6.25. The van der Waals surface area contributed by atoms with Crippen LogP contribution >= 0.6 is 45.3 Å². The zero-order valence-corrected chi connectivity index (χ0v) is 20.4. The predicted molar refractivity (Wildman–Crippen MR) is 139 cm³/mol. The van der Waals surface area contributed by atoms with Gasteiger partial charge in [-0.15, -0.1) is 51.3 Å². The lowest BCUT2D eigenvalue weighted by atomic mass is 9.99. The molecule has 150 valence electrons. The van der Waals surface area contributed by atoms with Gasteiger partial charge >= 0.3 is 0 Å². The number of aryl methyl sites for hydroxylation is 3. The lowest BCUT2D eigenvalue weighted by Crippen LogP contribution is -1.82. The fourth-order valence-corrected chi connectivity index (χ4v) is 8.18. The molecule has 5 aromatic rings. The van der Waals surface area contributed by atoms with E-state index in [1.807, 2.05) is 18.3 Å². The molecule has 0 aliphatic heterocycles. The third kappa shape index (κ3) is 2.97. The van der Waals surface area contributed by atoms with Crippen molar-refractivity contribution < 1.29 is 0 Å². The lowest BCUT2D eigenvalue weighted by Gasteiger charge is -2.09. The van der Waals surface area contributed by atoms with E-state index in [1.54, 1.807) is 34.0 Å². The highest BCUT2D eigenvalue weighted by Gasteiger charge is 2.23. The highest BCUT2D eigenvalue weighted by molar-refractivity contribution is 7.24. The molecule has 0 atom stereocenters. The van der Waals surface area contributed by atoms with Crippen LogP contribution in [0.1, 0.15) is 27.1 Å². The summed E-state index contributed by atoms with van der Waals surface area (Å²) in [6.45, 7) is 8.24. The largest absolute Gasteiger partial charge is 0.398 e. The van der Waals surface area contributed by atoms with Crippen LogP contribution in [0.2, 0.25) is 0 Å². The monoisotopic (exact) mass is 464 g/mol. The molecule has 0 aliphatic carbocycles. The Morgan fingerprint density at radius 2 is 1.43 bits per heavy atom. The van der Waals surface area contributed by atoms with Gasteiger partial charge in [0.15, 0.2) is 0 Å². The Hall–Kier alpha value is -2.30. The molecular weight excluding hydrogens is 445 g/mol. The van der Waals surface area contributed by atoms with E-state index in [2.05, 4.69) is 56.9 Å². The third-order valence-corrected chi connectivity index (χ3v) is 9.54. The molecule has 0 aliphatic rings. The maximum Gasteiger partial charge on any atom is 0.0892 e. The Labute approximate surface area is 191 Å². The van der Waals surface area contributed by atoms with Gasteiger partial charge in [0.25, 0.3) is 0 Å². The summed E-state index contributed by atoms with van der Waals surface area (Å²) in [7, 11) is 0. The van der Waals surface area contributed by atoms with E-state index in [9.17, 15) is 0 Å². The minimum absolute atomic E-state index is 0.860. The summed E-state index contributed by atoms with van der Waals surface area (Å²) in [5, 5.41) is 3.44. The first-order chi connectivity index (χ1) is 14.4. The third-order valence-electron chi connectivity index (χ3n) is 5.23. The summed E-state index contributed by atoms with van der Waals surface area (Å²) in [6.07, 6.45) is 0. The number of hydrogen-bond acceptors (Lipinski definition) is 6. The Balaban J connectivity index is 1.99. The highest BCUT2D eigenvalue weighted by atomic mass is 32.1. The quantitative estimate of drug-likeness (QED) is 0.260. The van der Waals surface area contributed by atoms with E-state index >= 15 is 0 Å². The maximum atomic E-state index is 6.25. The van der Waals surface area contributed by atoms with Crippen LogP contribution < -0.4 is 11.5 Å². The van der Waals surface area contributed by atoms with Crippen molar-refractivity contribution in [2.45, 2.75) is 27.7 Å². The Morgan fingerprint density at radius 1 is 0.767 bits per heavy atom. The smallest absolute Gasteiger partial charge is 0.0892 e. The van der Waals surface area contributed by atoms with Crippen molar-refractivity contribution in [3.63, 3.8) is 0 Å². The Bertz CT molecular complexity index is 1370. The van der Waals surface area contributed by atoms with Gasteiger partial charge < -0.3 is 11.5 Å². The van der Waals surface area contributed by atoms with E-state index in [0.29, 0.717) is 0 Å². The van der Waals surface area contributed by atoms with Crippen molar-refractivity contribution in [2.24, 2.45) is 0 Å². The van der Waals surface area contributed by atoms with Gasteiger partial charge in [0.1, 0.15) is 0 Å². The highest BCUT2D eigenvalue weighted by Crippen LogP contribution is 2.52. The molecule has 5 rings (SSSR count). The van der Waals surface area contributed by atoms with E-state index in [0.717, 1.165) is 26.0 Å². The summed E-state index contributed by atoms with van der Waals surface area (Å²) < 4.78 is 2.59. The van der Waals surface area contributed by atoms with E-state index in [1.165, 1.54) is 45.9 Å². The molecule has 0 saturated carbocycles. The molecule has 0 bridgehead atoms. The number of thiophene rings is 4. The average molecular weight is 465 g/mol. The van der Waals surface area contributed by atoms with E-state index in [4.69, 9.17) is 11.5 Å². The predicted octanol–water partition coefficient (Wildman–Crippen LogP) is 8.03. The van der Waals surface area contributed by atoms with Gasteiger partial charge in [-0.25, -0.2) is 0 Å². The number of hydrogen-bond donors (Lipinski definition) is 2. The molecule has 4 aromatic heterocycles. The summed E-state index contributed by atoms with van der Waals surface area (Å²) in [5.74, 6) is 6.34. The molecule has 30 heavy (non-hydrogen) atoms. The number of anilines is 2. The number of fused-ring (bicyclic) bond motifs is 2. The molecule has 4 N–H and O–H groups in total. The summed E-state index contributed by atoms with van der Waals surface area (Å²) in [5.41, 5.74) is 17.1. The zero-order valence-electron chi connectivity index (χ0n) is 17.1. The van der Waals surface area contributed by atoms with Crippen LogP contribution in [-0.4, -0.2) is 0 Å². The lowest BCUT2D eigenvalue weighted by molar-refractivity contribution is 1.55. The number of rotatable bonds is 2. The van der Waals surface area contributed by atoms with Crippen molar-refractivity contribution in [3.05, 3.63) is 44.5 Å². The molecule has 0 amide bonds. The van der Waals surface area contributed by atoms with Gasteiger partial charge in [0.2, 0.25) is 0 Å². The minimum Gasteiger partial charge on any atom is -0.398 e. The van der Waals surface area contributed by atoms with Crippen LogP contribution in [0.15, 0.2) is 24.3 Å². The molecule has 0 spiro atoms. The molecular formula is C24H20N2S4. The van der Waals surface area contributed by atoms with Crippen LogP contribution in [0.5, 0.6) is 0 Å². The second kappa shape index (κ2) is 7.14. The van der Waals surface area contributed by atoms with Crippen molar-refractivity contribution >= 4 is 76.2 Å². The average Bonchev–Trinajstić information content (AvgIpc) is 3.42. The SMILES string of the molecule is CC#Cc1cc2c(-c3cc(C)c(N)s3)c3sc(C)cc3c(-c3cc(N)c(C)s3)c2s1. The summed E-state index contributed by atoms with van der Waals surface area (Å²) in [6, 6.07) is 8.91. The molecule has 0 unspecified atom stereocenters. The van der Waals surface area contributed by atoms with Crippen LogP contribution in [0.25, 0.3) is 41.1 Å². The van der Waals surface area contributed by atoms with Crippen molar-refractivity contribution in [1.29, 1.82) is 0 Å². The molecule has 0 saturated heterocycles. The van der Waals surface area contributed by atoms with Gasteiger partial charge in [0, 0.05) is 56.5 Å². The molecule has 1 aromatic carbocycles. The summed E-state index contributed by atoms with van der Waals surface area (Å²) in [4.78, 5) is 6.01. The van der Waals surface area contributed by atoms with Gasteiger partial charge in [-0.05, 0) is 57.5 Å². The van der Waals surface area contributed by atoms with Crippen LogP contribution in [0.4, 0.5) is 10.7 Å². The van der Waals surface area contributed by atoms with Gasteiger partial charge in [-0.1, -0.05) is 5.92 Å². The zero-order chi connectivity index (χ0) is 21.2. The number of nitrogen functional groups attached to an aromatic ring is 2. The number of benzene rings is 1. The standard InChI is InChI=1S/C24H20N2S4/c1-5-6-14-9-16-21(18-7-11(2)24(26)30-18)22-15(8-12(3)27-22)20(23(16)29-14)19-10-17(25)13(4)28-19/h7-10H,25-26H2,1-4H3. The van der Waals surface area contributed by atoms with E-state index < -0.39 is 0 Å². The first kappa shape index (κ1) is 19.7.